The number of aryl methyl sites for hydroxylation is 1. The fourth-order valence-corrected chi connectivity index (χ4v) is 2.95. The van der Waals surface area contributed by atoms with Crippen LogP contribution in [0.4, 0.5) is 0 Å². The molecule has 4 nitrogen and oxygen atoms in total. The smallest absolute Gasteiger partial charge is 0.371 e. The van der Waals surface area contributed by atoms with Crippen LogP contribution < -0.4 is 5.32 Å². The summed E-state index contributed by atoms with van der Waals surface area (Å²) in [5.74, 6) is 1.48. The van der Waals surface area contributed by atoms with E-state index >= 15 is 0 Å². The molecule has 1 aromatic heterocycles. The number of rotatable bonds is 6. The lowest BCUT2D eigenvalue weighted by atomic mass is 9.81. The highest BCUT2D eigenvalue weighted by Gasteiger charge is 2.17. The third-order valence-electron chi connectivity index (χ3n) is 4.41. The first-order valence-electron chi connectivity index (χ1n) is 7.59. The van der Waals surface area contributed by atoms with Crippen molar-refractivity contribution in [3.8, 4) is 0 Å². The van der Waals surface area contributed by atoms with Crippen LogP contribution in [-0.4, -0.2) is 17.6 Å². The second-order valence-corrected chi connectivity index (χ2v) is 6.09. The molecule has 1 saturated carbocycles. The summed E-state index contributed by atoms with van der Waals surface area (Å²) in [5.41, 5.74) is 0.944. The molecule has 4 heteroatoms. The molecule has 112 valence electrons. The Bertz CT molecular complexity index is 445. The summed E-state index contributed by atoms with van der Waals surface area (Å²) in [6.45, 7) is 5.83. The van der Waals surface area contributed by atoms with E-state index < -0.39 is 5.97 Å². The molecule has 2 N–H and O–H groups in total. The number of aromatic carboxylic acids is 1. The van der Waals surface area contributed by atoms with Crippen molar-refractivity contribution in [2.24, 2.45) is 11.8 Å². The highest BCUT2D eigenvalue weighted by Crippen LogP contribution is 2.29. The minimum Gasteiger partial charge on any atom is -0.475 e. The van der Waals surface area contributed by atoms with Crippen molar-refractivity contribution in [3.05, 3.63) is 23.2 Å². The van der Waals surface area contributed by atoms with Crippen molar-refractivity contribution < 1.29 is 14.3 Å². The van der Waals surface area contributed by atoms with Crippen molar-refractivity contribution in [1.29, 1.82) is 0 Å². The van der Waals surface area contributed by atoms with Crippen LogP contribution in [0.5, 0.6) is 0 Å². The standard InChI is InChI=1S/C16H25NO3/c1-11-3-5-13(6-4-11)7-8-17-10-14-9-15(16(18)19)20-12(14)2/h9,11,13,17H,3-8,10H2,1-2H3,(H,18,19). The summed E-state index contributed by atoms with van der Waals surface area (Å²) in [6, 6.07) is 1.62. The van der Waals surface area contributed by atoms with E-state index in [1.165, 1.54) is 32.1 Å². The third-order valence-corrected chi connectivity index (χ3v) is 4.41. The van der Waals surface area contributed by atoms with E-state index in [4.69, 9.17) is 9.52 Å². The molecule has 0 unspecified atom stereocenters. The molecule has 1 aromatic rings. The Morgan fingerprint density at radius 3 is 2.70 bits per heavy atom. The van der Waals surface area contributed by atoms with Crippen molar-refractivity contribution in [3.63, 3.8) is 0 Å². The van der Waals surface area contributed by atoms with E-state index in [2.05, 4.69) is 12.2 Å². The summed E-state index contributed by atoms with van der Waals surface area (Å²) >= 11 is 0. The van der Waals surface area contributed by atoms with Crippen molar-refractivity contribution >= 4 is 5.97 Å². The Hall–Kier alpha value is -1.29. The molecule has 0 spiro atoms. The molecule has 0 bridgehead atoms. The first kappa shape index (κ1) is 15.1. The van der Waals surface area contributed by atoms with Gasteiger partial charge in [0.05, 0.1) is 0 Å². The Morgan fingerprint density at radius 1 is 1.40 bits per heavy atom. The number of carbonyl (C=O) groups is 1. The molecule has 0 atom stereocenters. The van der Waals surface area contributed by atoms with Gasteiger partial charge in [0.25, 0.3) is 0 Å². The minimum absolute atomic E-state index is 0.0283. The van der Waals surface area contributed by atoms with Gasteiger partial charge in [0.1, 0.15) is 5.76 Å². The zero-order valence-electron chi connectivity index (χ0n) is 12.4. The number of carboxylic acid groups (broad SMARTS) is 1. The quantitative estimate of drug-likeness (QED) is 0.781. The second-order valence-electron chi connectivity index (χ2n) is 6.09. The Kier molecular flexibility index (Phi) is 5.24. The summed E-state index contributed by atoms with van der Waals surface area (Å²) in [5, 5.41) is 12.3. The maximum atomic E-state index is 10.8. The molecular formula is C16H25NO3. The lowest BCUT2D eigenvalue weighted by molar-refractivity contribution is 0.0661. The van der Waals surface area contributed by atoms with Gasteiger partial charge in [-0.3, -0.25) is 0 Å². The van der Waals surface area contributed by atoms with Gasteiger partial charge in [0.2, 0.25) is 5.76 Å². The zero-order valence-corrected chi connectivity index (χ0v) is 12.4. The van der Waals surface area contributed by atoms with Gasteiger partial charge in [-0.1, -0.05) is 32.6 Å². The molecule has 0 aromatic carbocycles. The average Bonchev–Trinajstić information content (AvgIpc) is 2.79. The van der Waals surface area contributed by atoms with Crippen LogP contribution in [0.25, 0.3) is 0 Å². The molecule has 2 rings (SSSR count). The maximum Gasteiger partial charge on any atom is 0.371 e. The number of hydrogen-bond acceptors (Lipinski definition) is 3. The summed E-state index contributed by atoms with van der Waals surface area (Å²) in [7, 11) is 0. The van der Waals surface area contributed by atoms with Crippen LogP contribution >= 0.6 is 0 Å². The van der Waals surface area contributed by atoms with Gasteiger partial charge in [-0.2, -0.15) is 0 Å². The second kappa shape index (κ2) is 6.93. The van der Waals surface area contributed by atoms with Crippen LogP contribution in [0.2, 0.25) is 0 Å². The number of furan rings is 1. The molecule has 1 heterocycles. The molecule has 0 amide bonds. The lowest BCUT2D eigenvalue weighted by Crippen LogP contribution is -2.20. The van der Waals surface area contributed by atoms with E-state index in [9.17, 15) is 4.79 Å². The average molecular weight is 279 g/mol. The highest BCUT2D eigenvalue weighted by molar-refractivity contribution is 5.84. The Labute approximate surface area is 120 Å². The summed E-state index contributed by atoms with van der Waals surface area (Å²) in [4.78, 5) is 10.8. The molecule has 1 fully saturated rings. The van der Waals surface area contributed by atoms with Crippen molar-refractivity contribution in [2.75, 3.05) is 6.54 Å². The van der Waals surface area contributed by atoms with E-state index in [1.54, 1.807) is 6.07 Å². The van der Waals surface area contributed by atoms with Crippen LogP contribution in [0.15, 0.2) is 10.5 Å². The maximum absolute atomic E-state index is 10.8. The summed E-state index contributed by atoms with van der Waals surface area (Å²) in [6.07, 6.45) is 6.67. The number of carboxylic acids is 1. The van der Waals surface area contributed by atoms with Crippen LogP contribution in [0.1, 0.15) is 60.9 Å². The van der Waals surface area contributed by atoms with E-state index in [1.807, 2.05) is 6.92 Å². The normalized spacial score (nSPS) is 22.9. The topological polar surface area (TPSA) is 62.5 Å². The fraction of sp³-hybridized carbons (Fsp3) is 0.688. The molecule has 1 aliphatic carbocycles. The third kappa shape index (κ3) is 4.10. The first-order chi connectivity index (χ1) is 9.56. The van der Waals surface area contributed by atoms with E-state index in [-0.39, 0.29) is 5.76 Å². The molecule has 1 aliphatic rings. The van der Waals surface area contributed by atoms with Gasteiger partial charge in [-0.25, -0.2) is 4.79 Å². The van der Waals surface area contributed by atoms with Gasteiger partial charge in [0.15, 0.2) is 0 Å². The highest BCUT2D eigenvalue weighted by atomic mass is 16.4. The first-order valence-corrected chi connectivity index (χ1v) is 7.59. The van der Waals surface area contributed by atoms with Crippen LogP contribution in [0.3, 0.4) is 0 Å². The van der Waals surface area contributed by atoms with Gasteiger partial charge in [-0.05, 0) is 37.8 Å². The van der Waals surface area contributed by atoms with Crippen LogP contribution in [-0.2, 0) is 6.54 Å². The Balaban J connectivity index is 1.69. The monoisotopic (exact) mass is 279 g/mol. The SMILES string of the molecule is Cc1oc(C(=O)O)cc1CNCCC1CCC(C)CC1. The van der Waals surface area contributed by atoms with Crippen molar-refractivity contribution in [2.45, 2.75) is 52.5 Å². The summed E-state index contributed by atoms with van der Waals surface area (Å²) < 4.78 is 5.20. The lowest BCUT2D eigenvalue weighted by Gasteiger charge is -2.26. The van der Waals surface area contributed by atoms with Crippen LogP contribution in [0, 0.1) is 18.8 Å². The predicted molar refractivity (Wildman–Crippen MR) is 77.9 cm³/mol. The van der Waals surface area contributed by atoms with E-state index in [0.717, 1.165) is 23.9 Å². The van der Waals surface area contributed by atoms with Crippen molar-refractivity contribution in [1.82, 2.24) is 5.32 Å². The largest absolute Gasteiger partial charge is 0.475 e. The van der Waals surface area contributed by atoms with Gasteiger partial charge < -0.3 is 14.8 Å². The number of hydrogen-bond donors (Lipinski definition) is 2. The molecule has 20 heavy (non-hydrogen) atoms. The Morgan fingerprint density at radius 2 is 2.10 bits per heavy atom. The van der Waals surface area contributed by atoms with E-state index in [0.29, 0.717) is 12.3 Å². The van der Waals surface area contributed by atoms with Gasteiger partial charge >= 0.3 is 5.97 Å². The van der Waals surface area contributed by atoms with Gasteiger partial charge in [-0.15, -0.1) is 0 Å². The predicted octanol–water partition coefficient (Wildman–Crippen LogP) is 3.59. The molecular weight excluding hydrogens is 254 g/mol. The minimum atomic E-state index is -1.00. The van der Waals surface area contributed by atoms with Gasteiger partial charge in [0, 0.05) is 12.1 Å². The zero-order chi connectivity index (χ0) is 14.5. The molecule has 0 aliphatic heterocycles. The fourth-order valence-electron chi connectivity index (χ4n) is 2.95. The number of nitrogens with one attached hydrogen (secondary N) is 1. The molecule has 0 radical (unpaired) electrons. The molecule has 0 saturated heterocycles.